The lowest BCUT2D eigenvalue weighted by molar-refractivity contribution is -0.141. The average Bonchev–Trinajstić information content (AvgIpc) is 2.96. The molecule has 24 heavy (non-hydrogen) atoms. The van der Waals surface area contributed by atoms with Gasteiger partial charge in [0.05, 0.1) is 17.4 Å². The summed E-state index contributed by atoms with van der Waals surface area (Å²) in [7, 11) is -3.73. The van der Waals surface area contributed by atoms with Crippen molar-refractivity contribution in [2.45, 2.75) is 49.9 Å². The van der Waals surface area contributed by atoms with E-state index in [0.717, 1.165) is 25.7 Å². The Balaban J connectivity index is 1.87. The minimum atomic E-state index is -3.73. The van der Waals surface area contributed by atoms with Gasteiger partial charge in [-0.2, -0.15) is 9.57 Å². The maximum absolute atomic E-state index is 12.9. The molecule has 6 nitrogen and oxygen atoms in total. The van der Waals surface area contributed by atoms with Gasteiger partial charge in [0.15, 0.2) is 0 Å². The summed E-state index contributed by atoms with van der Waals surface area (Å²) in [6, 6.07) is 7.22. The smallest absolute Gasteiger partial charge is 0.322 e. The first kappa shape index (κ1) is 16.9. The standard InChI is InChI=1S/C17H20N2O4S/c18-10-12-5-7-13(8-6-12)11-24(22,23)19-15-4-2-1-3-14(15)9-16(19)17(20)21/h5-8,14-16H,1-4,9,11H2,(H,20,21). The molecule has 0 amide bonds. The number of nitrogens with zero attached hydrogens (tertiary/aromatic N) is 2. The minimum absolute atomic E-state index is 0.149. The number of hydrogen-bond donors (Lipinski definition) is 1. The molecule has 1 N–H and O–H groups in total. The van der Waals surface area contributed by atoms with Gasteiger partial charge in [0.1, 0.15) is 6.04 Å². The van der Waals surface area contributed by atoms with Gasteiger partial charge in [-0.1, -0.05) is 25.0 Å². The summed E-state index contributed by atoms with van der Waals surface area (Å²) in [6.07, 6.45) is 4.03. The molecule has 1 aliphatic carbocycles. The van der Waals surface area contributed by atoms with Gasteiger partial charge < -0.3 is 5.11 Å². The molecule has 0 aromatic heterocycles. The Bertz CT molecular complexity index is 767. The van der Waals surface area contributed by atoms with Gasteiger partial charge in [0.25, 0.3) is 0 Å². The number of benzene rings is 1. The van der Waals surface area contributed by atoms with E-state index in [4.69, 9.17) is 5.26 Å². The van der Waals surface area contributed by atoms with Crippen LogP contribution in [0.2, 0.25) is 0 Å². The molecule has 0 radical (unpaired) electrons. The maximum Gasteiger partial charge on any atom is 0.322 e. The second-order valence-corrected chi connectivity index (χ2v) is 8.47. The first-order valence-electron chi connectivity index (χ1n) is 8.15. The van der Waals surface area contributed by atoms with E-state index >= 15 is 0 Å². The maximum atomic E-state index is 12.9. The summed E-state index contributed by atoms with van der Waals surface area (Å²) in [5.41, 5.74) is 1.03. The summed E-state index contributed by atoms with van der Waals surface area (Å²) >= 11 is 0. The van der Waals surface area contributed by atoms with Crippen LogP contribution in [0.15, 0.2) is 24.3 Å². The third kappa shape index (κ3) is 3.17. The highest BCUT2D eigenvalue weighted by molar-refractivity contribution is 7.88. The Morgan fingerprint density at radius 3 is 2.54 bits per heavy atom. The fraction of sp³-hybridized carbons (Fsp3) is 0.529. The molecule has 1 saturated carbocycles. The van der Waals surface area contributed by atoms with Crippen LogP contribution in [0.3, 0.4) is 0 Å². The molecule has 1 aromatic carbocycles. The van der Waals surface area contributed by atoms with E-state index in [1.165, 1.54) is 4.31 Å². The van der Waals surface area contributed by atoms with Crippen molar-refractivity contribution < 1.29 is 18.3 Å². The van der Waals surface area contributed by atoms with Gasteiger partial charge in [-0.25, -0.2) is 8.42 Å². The van der Waals surface area contributed by atoms with E-state index in [0.29, 0.717) is 17.5 Å². The largest absolute Gasteiger partial charge is 0.480 e. The molecule has 0 bridgehead atoms. The van der Waals surface area contributed by atoms with Crippen molar-refractivity contribution in [3.8, 4) is 6.07 Å². The van der Waals surface area contributed by atoms with Crippen molar-refractivity contribution in [3.05, 3.63) is 35.4 Å². The van der Waals surface area contributed by atoms with Crippen molar-refractivity contribution in [2.24, 2.45) is 5.92 Å². The highest BCUT2D eigenvalue weighted by Crippen LogP contribution is 2.41. The molecule has 2 fully saturated rings. The Hall–Kier alpha value is -1.91. The third-order valence-electron chi connectivity index (χ3n) is 5.07. The van der Waals surface area contributed by atoms with Crippen LogP contribution in [0.1, 0.15) is 43.2 Å². The number of rotatable bonds is 4. The zero-order valence-electron chi connectivity index (χ0n) is 13.3. The van der Waals surface area contributed by atoms with Gasteiger partial charge in [-0.15, -0.1) is 0 Å². The minimum Gasteiger partial charge on any atom is -0.480 e. The number of nitriles is 1. The van der Waals surface area contributed by atoms with Crippen molar-refractivity contribution >= 4 is 16.0 Å². The molecule has 1 aliphatic heterocycles. The monoisotopic (exact) mass is 348 g/mol. The molecule has 3 unspecified atom stereocenters. The zero-order chi connectivity index (χ0) is 17.3. The predicted octanol–water partition coefficient (Wildman–Crippen LogP) is 2.11. The normalized spacial score (nSPS) is 27.4. The molecule has 7 heteroatoms. The lowest BCUT2D eigenvalue weighted by atomic mass is 9.85. The van der Waals surface area contributed by atoms with Gasteiger partial charge in [-0.3, -0.25) is 4.79 Å². The van der Waals surface area contributed by atoms with Crippen LogP contribution < -0.4 is 0 Å². The van der Waals surface area contributed by atoms with Crippen molar-refractivity contribution in [3.63, 3.8) is 0 Å². The number of carboxylic acid groups (broad SMARTS) is 1. The molecule has 3 atom stereocenters. The topological polar surface area (TPSA) is 98.5 Å². The molecule has 0 spiro atoms. The molecule has 3 rings (SSSR count). The molecule has 1 heterocycles. The van der Waals surface area contributed by atoms with Crippen LogP contribution in [0.5, 0.6) is 0 Å². The van der Waals surface area contributed by atoms with Crippen LogP contribution in [-0.2, 0) is 20.6 Å². The summed E-state index contributed by atoms with van der Waals surface area (Å²) < 4.78 is 27.1. The predicted molar refractivity (Wildman–Crippen MR) is 87.4 cm³/mol. The van der Waals surface area contributed by atoms with E-state index in [1.807, 2.05) is 6.07 Å². The van der Waals surface area contributed by atoms with E-state index in [9.17, 15) is 18.3 Å². The van der Waals surface area contributed by atoms with Gasteiger partial charge in [0, 0.05) is 6.04 Å². The van der Waals surface area contributed by atoms with Gasteiger partial charge in [-0.05, 0) is 42.9 Å². The van der Waals surface area contributed by atoms with E-state index in [2.05, 4.69) is 0 Å². The van der Waals surface area contributed by atoms with Crippen LogP contribution in [0, 0.1) is 17.2 Å². The lowest BCUT2D eigenvalue weighted by Gasteiger charge is -2.32. The third-order valence-corrected chi connectivity index (χ3v) is 6.93. The molecule has 1 saturated heterocycles. The Labute approximate surface area is 141 Å². The zero-order valence-corrected chi connectivity index (χ0v) is 14.1. The number of fused-ring (bicyclic) bond motifs is 1. The fourth-order valence-electron chi connectivity index (χ4n) is 3.99. The molecule has 1 aromatic rings. The average molecular weight is 348 g/mol. The second kappa shape index (κ2) is 6.54. The highest BCUT2D eigenvalue weighted by atomic mass is 32.2. The summed E-state index contributed by atoms with van der Waals surface area (Å²) in [6.45, 7) is 0. The van der Waals surface area contributed by atoms with Crippen LogP contribution >= 0.6 is 0 Å². The molecular formula is C17H20N2O4S. The number of sulfonamides is 1. The van der Waals surface area contributed by atoms with Crippen molar-refractivity contribution in [1.29, 1.82) is 5.26 Å². The summed E-state index contributed by atoms with van der Waals surface area (Å²) in [5.74, 6) is -1.14. The molecular weight excluding hydrogens is 328 g/mol. The first-order valence-corrected chi connectivity index (χ1v) is 9.76. The van der Waals surface area contributed by atoms with Crippen LogP contribution in [-0.4, -0.2) is 35.9 Å². The second-order valence-electron chi connectivity index (χ2n) is 6.60. The van der Waals surface area contributed by atoms with Gasteiger partial charge in [0.2, 0.25) is 10.0 Å². The van der Waals surface area contributed by atoms with E-state index in [1.54, 1.807) is 24.3 Å². The number of aliphatic carboxylic acids is 1. The highest BCUT2D eigenvalue weighted by Gasteiger charge is 2.50. The number of hydrogen-bond acceptors (Lipinski definition) is 4. The Morgan fingerprint density at radius 1 is 1.25 bits per heavy atom. The lowest BCUT2D eigenvalue weighted by Crippen LogP contribution is -2.46. The van der Waals surface area contributed by atoms with E-state index < -0.39 is 22.0 Å². The number of carboxylic acids is 1. The first-order chi connectivity index (χ1) is 11.4. The Morgan fingerprint density at radius 2 is 1.92 bits per heavy atom. The SMILES string of the molecule is N#Cc1ccc(CS(=O)(=O)N2C(C(=O)O)CC3CCCCC32)cc1. The summed E-state index contributed by atoms with van der Waals surface area (Å²) in [4.78, 5) is 11.6. The molecule has 2 aliphatic rings. The molecule has 128 valence electrons. The van der Waals surface area contributed by atoms with Crippen molar-refractivity contribution in [2.75, 3.05) is 0 Å². The number of carbonyl (C=O) groups is 1. The van der Waals surface area contributed by atoms with E-state index in [-0.39, 0.29) is 17.7 Å². The fourth-order valence-corrected chi connectivity index (χ4v) is 6.01. The van der Waals surface area contributed by atoms with Crippen LogP contribution in [0.4, 0.5) is 0 Å². The van der Waals surface area contributed by atoms with Crippen molar-refractivity contribution in [1.82, 2.24) is 4.31 Å². The summed E-state index contributed by atoms with van der Waals surface area (Å²) in [5, 5.41) is 18.3. The van der Waals surface area contributed by atoms with Gasteiger partial charge >= 0.3 is 5.97 Å². The van der Waals surface area contributed by atoms with Crippen LogP contribution in [0.25, 0.3) is 0 Å². The Kier molecular flexibility index (Phi) is 4.61. The quantitative estimate of drug-likeness (QED) is 0.898.